The molecule has 0 amide bonds. The summed E-state index contributed by atoms with van der Waals surface area (Å²) >= 11 is 0. The molecule has 29 heavy (non-hydrogen) atoms. The average molecular weight is 388 g/mol. The van der Waals surface area contributed by atoms with Crippen LogP contribution in [0, 0.1) is 6.92 Å². The van der Waals surface area contributed by atoms with Gasteiger partial charge in [-0.05, 0) is 37.6 Å². The molecule has 0 saturated carbocycles. The maximum Gasteiger partial charge on any atom is 0.255 e. The van der Waals surface area contributed by atoms with E-state index in [4.69, 9.17) is 14.5 Å². The van der Waals surface area contributed by atoms with Crippen molar-refractivity contribution < 1.29 is 4.42 Å². The molecule has 0 radical (unpaired) electrons. The van der Waals surface area contributed by atoms with Crippen LogP contribution in [0.15, 0.2) is 53.1 Å². The fourth-order valence-electron chi connectivity index (χ4n) is 4.09. The van der Waals surface area contributed by atoms with Crippen molar-refractivity contribution in [2.45, 2.75) is 20.3 Å². The van der Waals surface area contributed by atoms with Gasteiger partial charge < -0.3 is 14.2 Å². The average Bonchev–Trinajstić information content (AvgIpc) is 3.43. The first-order valence-corrected chi connectivity index (χ1v) is 10.1. The lowest BCUT2D eigenvalue weighted by molar-refractivity contribution is 0.577. The quantitative estimate of drug-likeness (QED) is 0.532. The third kappa shape index (κ3) is 3.12. The topological polar surface area (TPSA) is 62.7 Å². The van der Waals surface area contributed by atoms with Gasteiger partial charge in [0.2, 0.25) is 5.82 Å². The lowest BCUT2D eigenvalue weighted by atomic mass is 10.1. The lowest BCUT2D eigenvalue weighted by Crippen LogP contribution is -2.47. The molecule has 1 aliphatic heterocycles. The third-order valence-corrected chi connectivity index (χ3v) is 5.56. The van der Waals surface area contributed by atoms with Gasteiger partial charge in [-0.25, -0.2) is 4.98 Å². The zero-order chi connectivity index (χ0) is 19.8. The minimum atomic E-state index is 0.569. The van der Waals surface area contributed by atoms with Gasteiger partial charge >= 0.3 is 0 Å². The van der Waals surface area contributed by atoms with Crippen LogP contribution < -0.4 is 9.80 Å². The number of rotatable bonds is 4. The molecule has 1 aliphatic rings. The Morgan fingerprint density at radius 2 is 1.69 bits per heavy atom. The van der Waals surface area contributed by atoms with E-state index in [0.717, 1.165) is 44.1 Å². The molecule has 4 heterocycles. The van der Waals surface area contributed by atoms with Gasteiger partial charge in [-0.15, -0.1) is 5.10 Å². The molecule has 7 heteroatoms. The molecule has 0 unspecified atom stereocenters. The molecular formula is C22H24N6O. The first kappa shape index (κ1) is 17.7. The van der Waals surface area contributed by atoms with Gasteiger partial charge in [0.05, 0.1) is 6.26 Å². The number of furan rings is 1. The normalized spacial score (nSPS) is 14.7. The number of nitrogens with zero attached hydrogens (tertiary/aromatic N) is 6. The van der Waals surface area contributed by atoms with E-state index in [-0.39, 0.29) is 0 Å². The van der Waals surface area contributed by atoms with Crippen molar-refractivity contribution in [3.63, 3.8) is 0 Å². The van der Waals surface area contributed by atoms with Crippen LogP contribution in [0.4, 0.5) is 11.5 Å². The van der Waals surface area contributed by atoms with Gasteiger partial charge in [0.1, 0.15) is 5.82 Å². The van der Waals surface area contributed by atoms with Crippen LogP contribution in [0.3, 0.4) is 0 Å². The van der Waals surface area contributed by atoms with E-state index < -0.39 is 0 Å². The van der Waals surface area contributed by atoms with Gasteiger partial charge in [-0.1, -0.05) is 25.1 Å². The molecule has 1 saturated heterocycles. The van der Waals surface area contributed by atoms with Crippen molar-refractivity contribution >= 4 is 17.3 Å². The van der Waals surface area contributed by atoms with Crippen molar-refractivity contribution in [2.24, 2.45) is 0 Å². The second-order valence-corrected chi connectivity index (χ2v) is 7.29. The maximum absolute atomic E-state index is 5.50. The molecule has 148 valence electrons. The van der Waals surface area contributed by atoms with Crippen LogP contribution in [0.5, 0.6) is 0 Å². The van der Waals surface area contributed by atoms with Crippen LogP contribution in [0.1, 0.15) is 18.2 Å². The number of anilines is 2. The Labute approximate surface area is 169 Å². The number of piperazine rings is 1. The Morgan fingerprint density at radius 1 is 0.931 bits per heavy atom. The minimum absolute atomic E-state index is 0.569. The monoisotopic (exact) mass is 388 g/mol. The smallest absolute Gasteiger partial charge is 0.255 e. The highest BCUT2D eigenvalue weighted by Crippen LogP contribution is 2.28. The van der Waals surface area contributed by atoms with Crippen molar-refractivity contribution in [3.05, 3.63) is 60.0 Å². The predicted molar refractivity (Wildman–Crippen MR) is 113 cm³/mol. The number of para-hydroxylation sites is 1. The highest BCUT2D eigenvalue weighted by atomic mass is 16.3. The minimum Gasteiger partial charge on any atom is -0.461 e. The van der Waals surface area contributed by atoms with Crippen LogP contribution in [0.25, 0.3) is 17.4 Å². The second kappa shape index (κ2) is 7.24. The van der Waals surface area contributed by atoms with Crippen LogP contribution >= 0.6 is 0 Å². The summed E-state index contributed by atoms with van der Waals surface area (Å²) in [4.78, 5) is 14.2. The summed E-state index contributed by atoms with van der Waals surface area (Å²) in [6.45, 7) is 8.02. The summed E-state index contributed by atoms with van der Waals surface area (Å²) in [6, 6.07) is 14.3. The van der Waals surface area contributed by atoms with Gasteiger partial charge in [0, 0.05) is 43.1 Å². The van der Waals surface area contributed by atoms with Gasteiger partial charge in [-0.2, -0.15) is 9.50 Å². The van der Waals surface area contributed by atoms with Gasteiger partial charge in [0.25, 0.3) is 5.78 Å². The van der Waals surface area contributed by atoms with E-state index in [0.29, 0.717) is 17.4 Å². The van der Waals surface area contributed by atoms with Crippen molar-refractivity contribution in [3.8, 4) is 11.6 Å². The molecule has 7 nitrogen and oxygen atoms in total. The standard InChI is InChI=1S/C22H24N6O/c1-3-18-16(2)23-22-24-20(19-10-7-15-29-19)25-28(22)21(18)27-13-11-26(12-14-27)17-8-5-4-6-9-17/h4-10,15H,3,11-14H2,1-2H3. The van der Waals surface area contributed by atoms with E-state index in [1.807, 2.05) is 16.6 Å². The van der Waals surface area contributed by atoms with Crippen LogP contribution in [0.2, 0.25) is 0 Å². The summed E-state index contributed by atoms with van der Waals surface area (Å²) in [7, 11) is 0. The van der Waals surface area contributed by atoms with Crippen LogP contribution in [-0.4, -0.2) is 45.8 Å². The highest BCUT2D eigenvalue weighted by molar-refractivity contribution is 5.59. The van der Waals surface area contributed by atoms with E-state index in [1.165, 1.54) is 11.3 Å². The Hall–Kier alpha value is -3.35. The Morgan fingerprint density at radius 3 is 2.38 bits per heavy atom. The van der Waals surface area contributed by atoms with E-state index >= 15 is 0 Å². The number of aromatic nitrogens is 4. The molecule has 0 N–H and O–H groups in total. The number of fused-ring (bicyclic) bond motifs is 1. The summed E-state index contributed by atoms with van der Waals surface area (Å²) < 4.78 is 7.39. The molecule has 5 rings (SSSR count). The lowest BCUT2D eigenvalue weighted by Gasteiger charge is -2.38. The zero-order valence-corrected chi connectivity index (χ0v) is 16.7. The SMILES string of the molecule is CCc1c(C)nc2nc(-c3ccco3)nn2c1N1CCN(c2ccccc2)CC1. The Balaban J connectivity index is 1.52. The molecule has 1 aromatic carbocycles. The number of hydrogen-bond acceptors (Lipinski definition) is 6. The summed E-state index contributed by atoms with van der Waals surface area (Å²) in [5.41, 5.74) is 3.51. The fraction of sp³-hybridized carbons (Fsp3) is 0.318. The molecular weight excluding hydrogens is 364 g/mol. The summed E-state index contributed by atoms with van der Waals surface area (Å²) in [6.07, 6.45) is 2.54. The largest absolute Gasteiger partial charge is 0.461 e. The Bertz CT molecular complexity index is 1110. The molecule has 0 atom stereocenters. The molecule has 0 aliphatic carbocycles. The second-order valence-electron chi connectivity index (χ2n) is 7.29. The number of hydrogen-bond donors (Lipinski definition) is 0. The van der Waals surface area contributed by atoms with E-state index in [2.05, 4.69) is 59.0 Å². The van der Waals surface area contributed by atoms with Crippen molar-refractivity contribution in [2.75, 3.05) is 36.0 Å². The fourth-order valence-corrected chi connectivity index (χ4v) is 4.09. The summed E-state index contributed by atoms with van der Waals surface area (Å²) in [5.74, 6) is 2.95. The third-order valence-electron chi connectivity index (χ3n) is 5.56. The summed E-state index contributed by atoms with van der Waals surface area (Å²) in [5, 5.41) is 4.75. The van der Waals surface area contributed by atoms with Crippen molar-refractivity contribution in [1.82, 2.24) is 19.6 Å². The highest BCUT2D eigenvalue weighted by Gasteiger charge is 2.25. The van der Waals surface area contributed by atoms with Crippen molar-refractivity contribution in [1.29, 1.82) is 0 Å². The number of benzene rings is 1. The first-order valence-electron chi connectivity index (χ1n) is 10.1. The molecule has 0 bridgehead atoms. The van der Waals surface area contributed by atoms with E-state index in [1.54, 1.807) is 6.26 Å². The van der Waals surface area contributed by atoms with Crippen LogP contribution in [-0.2, 0) is 6.42 Å². The molecule has 4 aromatic rings. The van der Waals surface area contributed by atoms with Gasteiger partial charge in [0.15, 0.2) is 5.76 Å². The first-order chi connectivity index (χ1) is 14.2. The Kier molecular flexibility index (Phi) is 4.42. The van der Waals surface area contributed by atoms with E-state index in [9.17, 15) is 0 Å². The molecule has 3 aromatic heterocycles. The number of aryl methyl sites for hydroxylation is 1. The maximum atomic E-state index is 5.50. The zero-order valence-electron chi connectivity index (χ0n) is 16.7. The molecule has 0 spiro atoms. The van der Waals surface area contributed by atoms with Gasteiger partial charge in [-0.3, -0.25) is 0 Å². The predicted octanol–water partition coefficient (Wildman–Crippen LogP) is 3.58. The molecule has 1 fully saturated rings.